The Kier molecular flexibility index (Phi) is 2.46. The molecule has 1 aromatic rings. The van der Waals surface area contributed by atoms with Gasteiger partial charge in [0.05, 0.1) is 5.92 Å². The normalized spacial score (nSPS) is 19.6. The van der Waals surface area contributed by atoms with E-state index in [1.165, 1.54) is 0 Å². The van der Waals surface area contributed by atoms with Crippen LogP contribution in [0.2, 0.25) is 0 Å². The lowest BCUT2D eigenvalue weighted by atomic mass is 9.97. The first-order valence-corrected chi connectivity index (χ1v) is 5.11. The number of carboxylic acid groups (broad SMARTS) is 1. The van der Waals surface area contributed by atoms with Crippen LogP contribution in [0.1, 0.15) is 5.56 Å². The fourth-order valence-electron chi connectivity index (χ4n) is 1.53. The van der Waals surface area contributed by atoms with E-state index in [1.807, 2.05) is 18.2 Å². The minimum Gasteiger partial charge on any atom is -0.492 e. The van der Waals surface area contributed by atoms with E-state index in [0.29, 0.717) is 6.42 Å². The summed E-state index contributed by atoms with van der Waals surface area (Å²) in [4.78, 5) is 10.8. The number of halogens is 1. The van der Waals surface area contributed by atoms with E-state index in [-0.39, 0.29) is 6.61 Å². The van der Waals surface area contributed by atoms with Crippen LogP contribution in [0.3, 0.4) is 0 Å². The number of benzene rings is 1. The lowest BCUT2D eigenvalue weighted by Gasteiger charge is -2.23. The molecular formula is C10H9BrO3. The molecule has 1 aromatic carbocycles. The smallest absolute Gasteiger partial charge is 0.310 e. The third kappa shape index (κ3) is 1.62. The zero-order chi connectivity index (χ0) is 10.1. The predicted octanol–water partition coefficient (Wildman–Crippen LogP) is 2.08. The van der Waals surface area contributed by atoms with Gasteiger partial charge in [-0.25, -0.2) is 0 Å². The number of carbonyl (C=O) groups is 1. The van der Waals surface area contributed by atoms with Gasteiger partial charge in [-0.15, -0.1) is 0 Å². The van der Waals surface area contributed by atoms with Crippen LogP contribution in [-0.4, -0.2) is 17.7 Å². The van der Waals surface area contributed by atoms with E-state index in [9.17, 15) is 4.79 Å². The molecule has 0 radical (unpaired) electrons. The van der Waals surface area contributed by atoms with Crippen LogP contribution in [0, 0.1) is 5.92 Å². The van der Waals surface area contributed by atoms with Gasteiger partial charge in [0.1, 0.15) is 12.4 Å². The van der Waals surface area contributed by atoms with Crippen molar-refractivity contribution in [3.63, 3.8) is 0 Å². The molecule has 1 heterocycles. The molecule has 14 heavy (non-hydrogen) atoms. The summed E-state index contributed by atoms with van der Waals surface area (Å²) in [5.41, 5.74) is 0.950. The number of hydrogen-bond acceptors (Lipinski definition) is 2. The first-order valence-electron chi connectivity index (χ1n) is 4.31. The van der Waals surface area contributed by atoms with E-state index in [0.717, 1.165) is 15.8 Å². The van der Waals surface area contributed by atoms with Gasteiger partial charge in [-0.05, 0) is 18.6 Å². The predicted molar refractivity (Wildman–Crippen MR) is 54.5 cm³/mol. The van der Waals surface area contributed by atoms with Crippen molar-refractivity contribution in [3.05, 3.63) is 28.2 Å². The number of ether oxygens (including phenoxy) is 1. The highest BCUT2D eigenvalue weighted by Crippen LogP contribution is 2.32. The molecule has 0 saturated heterocycles. The number of carboxylic acids is 1. The minimum absolute atomic E-state index is 0.263. The number of rotatable bonds is 1. The fraction of sp³-hybridized carbons (Fsp3) is 0.300. The Morgan fingerprint density at radius 3 is 3.07 bits per heavy atom. The zero-order valence-electron chi connectivity index (χ0n) is 7.37. The van der Waals surface area contributed by atoms with Gasteiger partial charge in [0.2, 0.25) is 0 Å². The SMILES string of the molecule is O=C(O)[C@H]1COc2cccc(Br)c2C1. The molecule has 0 fully saturated rings. The van der Waals surface area contributed by atoms with Crippen molar-refractivity contribution in [3.8, 4) is 5.75 Å². The molecule has 1 atom stereocenters. The highest BCUT2D eigenvalue weighted by atomic mass is 79.9. The largest absolute Gasteiger partial charge is 0.492 e. The van der Waals surface area contributed by atoms with Gasteiger partial charge in [0.25, 0.3) is 0 Å². The van der Waals surface area contributed by atoms with Crippen LogP contribution >= 0.6 is 15.9 Å². The van der Waals surface area contributed by atoms with E-state index in [4.69, 9.17) is 9.84 Å². The van der Waals surface area contributed by atoms with Crippen molar-refractivity contribution in [1.29, 1.82) is 0 Å². The maximum atomic E-state index is 10.8. The lowest BCUT2D eigenvalue weighted by Crippen LogP contribution is -2.28. The molecule has 1 aliphatic rings. The summed E-state index contributed by atoms with van der Waals surface area (Å²) in [6.07, 6.45) is 0.534. The van der Waals surface area contributed by atoms with Crippen molar-refractivity contribution in [2.24, 2.45) is 5.92 Å². The second-order valence-electron chi connectivity index (χ2n) is 3.27. The Morgan fingerprint density at radius 2 is 2.36 bits per heavy atom. The third-order valence-corrected chi connectivity index (χ3v) is 3.06. The Morgan fingerprint density at radius 1 is 1.57 bits per heavy atom. The van der Waals surface area contributed by atoms with E-state index in [2.05, 4.69) is 15.9 Å². The van der Waals surface area contributed by atoms with Crippen LogP contribution in [0.5, 0.6) is 5.75 Å². The second-order valence-corrected chi connectivity index (χ2v) is 4.12. The molecule has 0 bridgehead atoms. The molecule has 0 amide bonds. The van der Waals surface area contributed by atoms with Gasteiger partial charge in [0.15, 0.2) is 0 Å². The van der Waals surface area contributed by atoms with Crippen LogP contribution < -0.4 is 4.74 Å². The van der Waals surface area contributed by atoms with E-state index in [1.54, 1.807) is 0 Å². The number of fused-ring (bicyclic) bond motifs is 1. The summed E-state index contributed by atoms with van der Waals surface area (Å²) < 4.78 is 6.28. The monoisotopic (exact) mass is 256 g/mol. The average molecular weight is 257 g/mol. The molecule has 1 N–H and O–H groups in total. The molecule has 0 saturated carbocycles. The Bertz CT molecular complexity index is 376. The molecule has 1 aliphatic heterocycles. The third-order valence-electron chi connectivity index (χ3n) is 2.32. The van der Waals surface area contributed by atoms with E-state index >= 15 is 0 Å². The highest BCUT2D eigenvalue weighted by Gasteiger charge is 2.26. The number of hydrogen-bond donors (Lipinski definition) is 1. The number of aliphatic carboxylic acids is 1. The van der Waals surface area contributed by atoms with Crippen molar-refractivity contribution < 1.29 is 14.6 Å². The maximum Gasteiger partial charge on any atom is 0.310 e. The lowest BCUT2D eigenvalue weighted by molar-refractivity contribution is -0.143. The van der Waals surface area contributed by atoms with Crippen LogP contribution in [-0.2, 0) is 11.2 Å². The molecule has 0 aromatic heterocycles. The van der Waals surface area contributed by atoms with Gasteiger partial charge >= 0.3 is 5.97 Å². The summed E-state index contributed by atoms with van der Waals surface area (Å²) in [7, 11) is 0. The Labute approximate surface area is 89.8 Å². The zero-order valence-corrected chi connectivity index (χ0v) is 8.95. The Balaban J connectivity index is 2.33. The molecule has 4 heteroatoms. The standard InChI is InChI=1S/C10H9BrO3/c11-8-2-1-3-9-7(8)4-6(5-14-9)10(12)13/h1-3,6H,4-5H2,(H,12,13)/t6-/m1/s1. The van der Waals surface area contributed by atoms with Crippen LogP contribution in [0.4, 0.5) is 0 Å². The van der Waals surface area contributed by atoms with E-state index < -0.39 is 11.9 Å². The van der Waals surface area contributed by atoms with Gasteiger partial charge < -0.3 is 9.84 Å². The van der Waals surface area contributed by atoms with Crippen molar-refractivity contribution in [1.82, 2.24) is 0 Å². The van der Waals surface area contributed by atoms with Crippen LogP contribution in [0.25, 0.3) is 0 Å². The summed E-state index contributed by atoms with van der Waals surface area (Å²) in [6.45, 7) is 0.263. The second kappa shape index (κ2) is 3.61. The minimum atomic E-state index is -0.800. The quantitative estimate of drug-likeness (QED) is 0.837. The molecule has 2 rings (SSSR count). The summed E-state index contributed by atoms with van der Waals surface area (Å²) in [6, 6.07) is 5.63. The van der Waals surface area contributed by atoms with Gasteiger partial charge in [0, 0.05) is 10.0 Å². The molecule has 3 nitrogen and oxygen atoms in total. The first-order chi connectivity index (χ1) is 6.68. The molecular weight excluding hydrogens is 248 g/mol. The van der Waals surface area contributed by atoms with Crippen molar-refractivity contribution in [2.45, 2.75) is 6.42 Å². The summed E-state index contributed by atoms with van der Waals surface area (Å²) >= 11 is 3.39. The average Bonchev–Trinajstić information content (AvgIpc) is 2.18. The summed E-state index contributed by atoms with van der Waals surface area (Å²) in [5, 5.41) is 8.86. The Hall–Kier alpha value is -1.03. The van der Waals surface area contributed by atoms with Gasteiger partial charge in [-0.1, -0.05) is 22.0 Å². The molecule has 74 valence electrons. The van der Waals surface area contributed by atoms with Crippen molar-refractivity contribution in [2.75, 3.05) is 6.61 Å². The fourth-order valence-corrected chi connectivity index (χ4v) is 2.04. The van der Waals surface area contributed by atoms with Gasteiger partial charge in [-0.2, -0.15) is 0 Å². The van der Waals surface area contributed by atoms with Gasteiger partial charge in [-0.3, -0.25) is 4.79 Å². The highest BCUT2D eigenvalue weighted by molar-refractivity contribution is 9.10. The summed E-state index contributed by atoms with van der Waals surface area (Å²) in [5.74, 6) is -0.440. The van der Waals surface area contributed by atoms with Crippen LogP contribution in [0.15, 0.2) is 22.7 Å². The molecule has 0 aliphatic carbocycles. The molecule has 0 unspecified atom stereocenters. The maximum absolute atomic E-state index is 10.8. The molecule has 0 spiro atoms. The van der Waals surface area contributed by atoms with Crippen molar-refractivity contribution >= 4 is 21.9 Å². The first kappa shape index (κ1) is 9.52. The topological polar surface area (TPSA) is 46.5 Å².